The third-order valence-electron chi connectivity index (χ3n) is 5.09. The molecule has 3 aromatic rings. The fourth-order valence-electron chi connectivity index (χ4n) is 3.29. The molecule has 0 saturated heterocycles. The molecular weight excluding hydrogens is 383 g/mol. The van der Waals surface area contributed by atoms with E-state index in [0.717, 1.165) is 22.5 Å². The molecule has 3 rings (SSSR count). The monoisotopic (exact) mass is 408 g/mol. The summed E-state index contributed by atoms with van der Waals surface area (Å²) >= 11 is 0. The Morgan fingerprint density at radius 2 is 1.70 bits per heavy atom. The van der Waals surface area contributed by atoms with Crippen LogP contribution in [0.1, 0.15) is 35.5 Å². The van der Waals surface area contributed by atoms with E-state index in [4.69, 9.17) is 0 Å². The predicted molar refractivity (Wildman–Crippen MR) is 115 cm³/mol. The summed E-state index contributed by atoms with van der Waals surface area (Å²) < 4.78 is 14.7. The van der Waals surface area contributed by atoms with Gasteiger partial charge in [0.05, 0.1) is 12.1 Å². The standard InChI is InChI=1S/C23H25FN4O2/c1-14-7-5-6-8-21(14)26-22(29)13-20-15(2)27-28(16(20)3)17(4)23(30)25-19-11-9-18(24)10-12-19/h5-12,17H,13H2,1-4H3,(H,25,30)(H,26,29)/t17-/m0/s1. The molecule has 1 atom stereocenters. The summed E-state index contributed by atoms with van der Waals surface area (Å²) in [7, 11) is 0. The van der Waals surface area contributed by atoms with Gasteiger partial charge in [0, 0.05) is 22.6 Å². The van der Waals surface area contributed by atoms with Crippen molar-refractivity contribution in [3.05, 3.63) is 76.9 Å². The van der Waals surface area contributed by atoms with Crippen LogP contribution in [-0.4, -0.2) is 21.6 Å². The van der Waals surface area contributed by atoms with E-state index in [-0.39, 0.29) is 24.1 Å². The summed E-state index contributed by atoms with van der Waals surface area (Å²) in [5.41, 5.74) is 4.52. The highest BCUT2D eigenvalue weighted by molar-refractivity contribution is 5.94. The number of amides is 2. The fourth-order valence-corrected chi connectivity index (χ4v) is 3.29. The number of hydrogen-bond donors (Lipinski definition) is 2. The third kappa shape index (κ3) is 4.74. The van der Waals surface area contributed by atoms with Crippen LogP contribution in [0.3, 0.4) is 0 Å². The lowest BCUT2D eigenvalue weighted by Gasteiger charge is -2.15. The van der Waals surface area contributed by atoms with Crippen LogP contribution in [0.15, 0.2) is 48.5 Å². The first-order chi connectivity index (χ1) is 14.3. The van der Waals surface area contributed by atoms with Crippen LogP contribution in [0.5, 0.6) is 0 Å². The van der Waals surface area contributed by atoms with E-state index in [2.05, 4.69) is 15.7 Å². The topological polar surface area (TPSA) is 76.0 Å². The Kier molecular flexibility index (Phi) is 6.30. The van der Waals surface area contributed by atoms with Gasteiger partial charge < -0.3 is 10.6 Å². The fraction of sp³-hybridized carbons (Fsp3) is 0.261. The van der Waals surface area contributed by atoms with Crippen molar-refractivity contribution in [2.75, 3.05) is 10.6 Å². The van der Waals surface area contributed by atoms with Gasteiger partial charge in [0.25, 0.3) is 0 Å². The lowest BCUT2D eigenvalue weighted by molar-refractivity contribution is -0.119. The van der Waals surface area contributed by atoms with Gasteiger partial charge in [0.2, 0.25) is 11.8 Å². The minimum absolute atomic E-state index is 0.140. The van der Waals surface area contributed by atoms with Crippen LogP contribution < -0.4 is 10.6 Å². The van der Waals surface area contributed by atoms with E-state index in [1.54, 1.807) is 11.6 Å². The molecule has 0 spiro atoms. The molecule has 0 radical (unpaired) electrons. The molecule has 156 valence electrons. The molecule has 0 aliphatic rings. The van der Waals surface area contributed by atoms with Crippen LogP contribution in [0.2, 0.25) is 0 Å². The average Bonchev–Trinajstić information content (AvgIpc) is 2.99. The summed E-state index contributed by atoms with van der Waals surface area (Å²) in [6, 6.07) is 12.6. The number of carbonyl (C=O) groups is 2. The van der Waals surface area contributed by atoms with Gasteiger partial charge in [-0.1, -0.05) is 18.2 Å². The molecule has 2 aromatic carbocycles. The van der Waals surface area contributed by atoms with Crippen LogP contribution in [0.4, 0.5) is 15.8 Å². The maximum absolute atomic E-state index is 13.1. The molecule has 0 saturated carbocycles. The molecule has 2 amide bonds. The molecule has 6 nitrogen and oxygen atoms in total. The number of halogens is 1. The SMILES string of the molecule is Cc1ccccc1NC(=O)Cc1c(C)nn([C@@H](C)C(=O)Nc2ccc(F)cc2)c1C. The molecule has 0 unspecified atom stereocenters. The number of anilines is 2. The van der Waals surface area contributed by atoms with Gasteiger partial charge in [0.1, 0.15) is 11.9 Å². The van der Waals surface area contributed by atoms with Gasteiger partial charge in [-0.05, 0) is 63.6 Å². The number of hydrogen-bond acceptors (Lipinski definition) is 3. The Bertz CT molecular complexity index is 1070. The Hall–Kier alpha value is -3.48. The van der Waals surface area contributed by atoms with Crippen LogP contribution in [-0.2, 0) is 16.0 Å². The Labute approximate surface area is 175 Å². The molecule has 7 heteroatoms. The number of nitrogens with one attached hydrogen (secondary N) is 2. The van der Waals surface area contributed by atoms with Crippen molar-refractivity contribution in [1.29, 1.82) is 0 Å². The third-order valence-corrected chi connectivity index (χ3v) is 5.09. The lowest BCUT2D eigenvalue weighted by Crippen LogP contribution is -2.25. The van der Waals surface area contributed by atoms with E-state index in [1.165, 1.54) is 24.3 Å². The average molecular weight is 408 g/mol. The van der Waals surface area contributed by atoms with Gasteiger partial charge in [-0.25, -0.2) is 4.39 Å². The van der Waals surface area contributed by atoms with E-state index < -0.39 is 6.04 Å². The minimum atomic E-state index is -0.595. The zero-order chi connectivity index (χ0) is 21.8. The number of aromatic nitrogens is 2. The van der Waals surface area contributed by atoms with Crippen LogP contribution in [0, 0.1) is 26.6 Å². The van der Waals surface area contributed by atoms with Gasteiger partial charge in [0.15, 0.2) is 0 Å². The summed E-state index contributed by atoms with van der Waals surface area (Å²) in [6.45, 7) is 7.34. The van der Waals surface area contributed by atoms with E-state index in [9.17, 15) is 14.0 Å². The second-order valence-corrected chi connectivity index (χ2v) is 7.31. The number of nitrogens with zero attached hydrogens (tertiary/aromatic N) is 2. The maximum Gasteiger partial charge on any atom is 0.248 e. The molecule has 2 N–H and O–H groups in total. The van der Waals surface area contributed by atoms with E-state index in [0.29, 0.717) is 11.4 Å². The van der Waals surface area contributed by atoms with Crippen molar-refractivity contribution in [2.45, 2.75) is 40.2 Å². The van der Waals surface area contributed by atoms with Crippen molar-refractivity contribution in [3.8, 4) is 0 Å². The van der Waals surface area contributed by atoms with E-state index >= 15 is 0 Å². The number of carbonyl (C=O) groups excluding carboxylic acids is 2. The summed E-state index contributed by atoms with van der Waals surface area (Å²) in [4.78, 5) is 25.2. The highest BCUT2D eigenvalue weighted by atomic mass is 19.1. The lowest BCUT2D eigenvalue weighted by atomic mass is 10.1. The number of rotatable bonds is 6. The Morgan fingerprint density at radius 1 is 1.03 bits per heavy atom. The highest BCUT2D eigenvalue weighted by Crippen LogP contribution is 2.21. The van der Waals surface area contributed by atoms with Crippen molar-refractivity contribution < 1.29 is 14.0 Å². The quantitative estimate of drug-likeness (QED) is 0.637. The van der Waals surface area contributed by atoms with E-state index in [1.807, 2.05) is 45.0 Å². The number of aryl methyl sites for hydroxylation is 2. The predicted octanol–water partition coefficient (Wildman–Crippen LogP) is 4.33. The maximum atomic E-state index is 13.1. The van der Waals surface area contributed by atoms with Crippen molar-refractivity contribution >= 4 is 23.2 Å². The highest BCUT2D eigenvalue weighted by Gasteiger charge is 2.22. The minimum Gasteiger partial charge on any atom is -0.326 e. The molecule has 0 aliphatic carbocycles. The molecule has 1 aromatic heterocycles. The zero-order valence-electron chi connectivity index (χ0n) is 17.5. The summed E-state index contributed by atoms with van der Waals surface area (Å²) in [5, 5.41) is 10.2. The second kappa shape index (κ2) is 8.90. The van der Waals surface area contributed by atoms with Gasteiger partial charge in [-0.3, -0.25) is 14.3 Å². The Balaban J connectivity index is 1.72. The molecular formula is C23H25FN4O2. The molecule has 0 bridgehead atoms. The molecule has 0 aliphatic heterocycles. The zero-order valence-corrected chi connectivity index (χ0v) is 17.5. The first-order valence-corrected chi connectivity index (χ1v) is 9.72. The summed E-state index contributed by atoms with van der Waals surface area (Å²) in [5.74, 6) is -0.783. The van der Waals surface area contributed by atoms with Crippen molar-refractivity contribution in [3.63, 3.8) is 0 Å². The van der Waals surface area contributed by atoms with Crippen molar-refractivity contribution in [1.82, 2.24) is 9.78 Å². The largest absolute Gasteiger partial charge is 0.326 e. The second-order valence-electron chi connectivity index (χ2n) is 7.31. The number of benzene rings is 2. The van der Waals surface area contributed by atoms with Crippen molar-refractivity contribution in [2.24, 2.45) is 0 Å². The molecule has 30 heavy (non-hydrogen) atoms. The van der Waals surface area contributed by atoms with Gasteiger partial charge in [-0.2, -0.15) is 5.10 Å². The Morgan fingerprint density at radius 3 is 2.37 bits per heavy atom. The molecule has 0 fully saturated rings. The number of para-hydroxylation sites is 1. The van der Waals surface area contributed by atoms with Gasteiger partial charge in [-0.15, -0.1) is 0 Å². The van der Waals surface area contributed by atoms with Gasteiger partial charge >= 0.3 is 0 Å². The smallest absolute Gasteiger partial charge is 0.248 e. The van der Waals surface area contributed by atoms with Crippen LogP contribution in [0.25, 0.3) is 0 Å². The van der Waals surface area contributed by atoms with Crippen LogP contribution >= 0.6 is 0 Å². The molecule has 1 heterocycles. The summed E-state index contributed by atoms with van der Waals surface area (Å²) in [6.07, 6.45) is 0.165. The first-order valence-electron chi connectivity index (χ1n) is 9.72. The normalized spacial score (nSPS) is 11.8. The first kappa shape index (κ1) is 21.2.